The monoisotopic (exact) mass is 394 g/mol. The van der Waals surface area contributed by atoms with Gasteiger partial charge in [0.15, 0.2) is 0 Å². The van der Waals surface area contributed by atoms with Gasteiger partial charge in [-0.05, 0) is 34.1 Å². The summed E-state index contributed by atoms with van der Waals surface area (Å²) >= 11 is 8.90. The maximum absolute atomic E-state index is 13.2. The minimum absolute atomic E-state index is 0.0184. The molecular formula is C11H9BrClFN4O2S. The molecular weight excluding hydrogens is 387 g/mol. The normalized spacial score (nSPS) is 11.2. The van der Waals surface area contributed by atoms with Crippen LogP contribution in [0.5, 0.6) is 0 Å². The van der Waals surface area contributed by atoms with Gasteiger partial charge >= 0.3 is 0 Å². The van der Waals surface area contributed by atoms with Gasteiger partial charge < -0.3 is 5.43 Å². The highest BCUT2D eigenvalue weighted by Gasteiger charge is 2.21. The summed E-state index contributed by atoms with van der Waals surface area (Å²) < 4.78 is 40.3. The van der Waals surface area contributed by atoms with Crippen molar-refractivity contribution in [2.45, 2.75) is 4.90 Å². The molecule has 0 fully saturated rings. The molecule has 1 aromatic heterocycles. The third-order valence-corrected chi connectivity index (χ3v) is 4.77. The van der Waals surface area contributed by atoms with E-state index in [1.165, 1.54) is 12.3 Å². The van der Waals surface area contributed by atoms with E-state index in [0.29, 0.717) is 0 Å². The van der Waals surface area contributed by atoms with E-state index in [2.05, 4.69) is 31.1 Å². The van der Waals surface area contributed by atoms with E-state index < -0.39 is 15.8 Å². The molecule has 0 saturated heterocycles. The largest absolute Gasteiger partial charge is 0.323 e. The van der Waals surface area contributed by atoms with Crippen molar-refractivity contribution >= 4 is 48.9 Å². The first-order chi connectivity index (χ1) is 9.85. The predicted octanol–water partition coefficient (Wildman–Crippen LogP) is 2.72. The standard InChI is InChI=1S/C11H9BrClFN4O2S/c12-7-3-6(14)4-8(13)11(7)18-21(19,20)10-5-16-2-1-9(10)17-15/h1-5,18H,15H2,(H,16,17). The molecule has 10 heteroatoms. The van der Waals surface area contributed by atoms with Crippen molar-refractivity contribution in [2.75, 3.05) is 10.1 Å². The molecule has 0 atom stereocenters. The second-order valence-corrected chi connectivity index (χ2v) is 6.78. The Hall–Kier alpha value is -1.42. The Labute approximate surface area is 133 Å². The number of halogens is 3. The number of hydrazine groups is 1. The van der Waals surface area contributed by atoms with E-state index in [-0.39, 0.29) is 25.8 Å². The number of aromatic nitrogens is 1. The fraction of sp³-hybridized carbons (Fsp3) is 0. The third-order valence-electron chi connectivity index (χ3n) is 2.47. The number of hydrogen-bond donors (Lipinski definition) is 3. The average molecular weight is 396 g/mol. The molecule has 21 heavy (non-hydrogen) atoms. The molecule has 0 saturated carbocycles. The number of nitrogens with one attached hydrogen (secondary N) is 2. The van der Waals surface area contributed by atoms with E-state index in [1.54, 1.807) is 0 Å². The maximum Gasteiger partial charge on any atom is 0.265 e. The predicted molar refractivity (Wildman–Crippen MR) is 82.0 cm³/mol. The molecule has 0 aliphatic rings. The lowest BCUT2D eigenvalue weighted by atomic mass is 10.3. The lowest BCUT2D eigenvalue weighted by molar-refractivity contribution is 0.600. The van der Waals surface area contributed by atoms with Gasteiger partial charge in [-0.15, -0.1) is 0 Å². The van der Waals surface area contributed by atoms with Crippen LogP contribution in [0.3, 0.4) is 0 Å². The van der Waals surface area contributed by atoms with Crippen molar-refractivity contribution in [1.82, 2.24) is 4.98 Å². The molecule has 0 spiro atoms. The van der Waals surface area contributed by atoms with Gasteiger partial charge in [-0.2, -0.15) is 0 Å². The highest BCUT2D eigenvalue weighted by molar-refractivity contribution is 9.10. The number of nitrogen functional groups attached to an aromatic ring is 1. The first-order valence-electron chi connectivity index (χ1n) is 5.43. The molecule has 1 heterocycles. The van der Waals surface area contributed by atoms with Crippen molar-refractivity contribution in [3.8, 4) is 0 Å². The van der Waals surface area contributed by atoms with Crippen LogP contribution in [0.15, 0.2) is 40.0 Å². The Bertz CT molecular complexity index is 765. The SMILES string of the molecule is NNc1ccncc1S(=O)(=O)Nc1c(Cl)cc(F)cc1Br. The van der Waals surface area contributed by atoms with Crippen molar-refractivity contribution in [3.63, 3.8) is 0 Å². The summed E-state index contributed by atoms with van der Waals surface area (Å²) in [6, 6.07) is 3.49. The molecule has 2 aromatic rings. The smallest absolute Gasteiger partial charge is 0.265 e. The molecule has 2 rings (SSSR count). The molecule has 0 amide bonds. The average Bonchev–Trinajstić information content (AvgIpc) is 2.43. The Kier molecular flexibility index (Phi) is 4.67. The molecule has 0 bridgehead atoms. The van der Waals surface area contributed by atoms with Crippen molar-refractivity contribution in [3.05, 3.63) is 45.9 Å². The van der Waals surface area contributed by atoms with Gasteiger partial charge in [-0.3, -0.25) is 15.5 Å². The Balaban J connectivity index is 2.48. The van der Waals surface area contributed by atoms with Crippen LogP contribution < -0.4 is 16.0 Å². The zero-order chi connectivity index (χ0) is 15.6. The zero-order valence-corrected chi connectivity index (χ0v) is 13.4. The first kappa shape index (κ1) is 16.0. The van der Waals surface area contributed by atoms with Crippen molar-refractivity contribution in [1.29, 1.82) is 0 Å². The van der Waals surface area contributed by atoms with E-state index in [1.807, 2.05) is 0 Å². The molecule has 6 nitrogen and oxygen atoms in total. The summed E-state index contributed by atoms with van der Waals surface area (Å²) in [4.78, 5) is 3.57. The van der Waals surface area contributed by atoms with Gasteiger partial charge in [0.05, 0.1) is 16.4 Å². The quantitative estimate of drug-likeness (QED) is 0.546. The number of sulfonamides is 1. The lowest BCUT2D eigenvalue weighted by Crippen LogP contribution is -2.18. The van der Waals surface area contributed by atoms with Crippen LogP contribution in [0.25, 0.3) is 0 Å². The second kappa shape index (κ2) is 6.14. The van der Waals surface area contributed by atoms with Crippen LogP contribution in [0.2, 0.25) is 5.02 Å². The van der Waals surface area contributed by atoms with Gasteiger partial charge in [0, 0.05) is 16.9 Å². The number of nitrogens with two attached hydrogens (primary N) is 1. The highest BCUT2D eigenvalue weighted by Crippen LogP contribution is 2.34. The number of benzene rings is 1. The number of rotatable bonds is 4. The van der Waals surface area contributed by atoms with Crippen LogP contribution in [-0.4, -0.2) is 13.4 Å². The molecule has 112 valence electrons. The highest BCUT2D eigenvalue weighted by atomic mass is 79.9. The van der Waals surface area contributed by atoms with E-state index in [9.17, 15) is 12.8 Å². The van der Waals surface area contributed by atoms with Crippen LogP contribution in [-0.2, 0) is 10.0 Å². The van der Waals surface area contributed by atoms with Crippen LogP contribution >= 0.6 is 27.5 Å². The fourth-order valence-corrected chi connectivity index (χ4v) is 3.84. The maximum atomic E-state index is 13.2. The van der Waals surface area contributed by atoms with Gasteiger partial charge in [-0.1, -0.05) is 11.6 Å². The van der Waals surface area contributed by atoms with Gasteiger partial charge in [-0.25, -0.2) is 12.8 Å². The summed E-state index contributed by atoms with van der Waals surface area (Å²) in [6.07, 6.45) is 2.51. The summed E-state index contributed by atoms with van der Waals surface area (Å²) in [7, 11) is -4.01. The topological polar surface area (TPSA) is 97.1 Å². The molecule has 1 aromatic carbocycles. The molecule has 0 radical (unpaired) electrons. The minimum atomic E-state index is -4.01. The Morgan fingerprint density at radius 1 is 1.38 bits per heavy atom. The van der Waals surface area contributed by atoms with E-state index in [0.717, 1.165) is 18.3 Å². The number of pyridine rings is 1. The zero-order valence-electron chi connectivity index (χ0n) is 10.3. The summed E-state index contributed by atoms with van der Waals surface area (Å²) in [5, 5.41) is -0.0865. The van der Waals surface area contributed by atoms with Crippen LogP contribution in [0.4, 0.5) is 15.8 Å². The number of nitrogens with zero attached hydrogens (tertiary/aromatic N) is 1. The Morgan fingerprint density at radius 3 is 2.71 bits per heavy atom. The molecule has 0 aliphatic heterocycles. The summed E-state index contributed by atoms with van der Waals surface area (Å²) in [6.45, 7) is 0. The van der Waals surface area contributed by atoms with Gasteiger partial charge in [0.1, 0.15) is 10.7 Å². The third kappa shape index (κ3) is 3.43. The Morgan fingerprint density at radius 2 is 2.10 bits per heavy atom. The molecule has 0 aliphatic carbocycles. The summed E-state index contributed by atoms with van der Waals surface area (Å²) in [5.74, 6) is 4.67. The van der Waals surface area contributed by atoms with Crippen molar-refractivity contribution in [2.24, 2.45) is 5.84 Å². The van der Waals surface area contributed by atoms with Gasteiger partial charge in [0.2, 0.25) is 0 Å². The molecule has 4 N–H and O–H groups in total. The fourth-order valence-electron chi connectivity index (χ4n) is 1.54. The molecule has 0 unspecified atom stereocenters. The second-order valence-electron chi connectivity index (χ2n) is 3.87. The first-order valence-corrected chi connectivity index (χ1v) is 8.08. The van der Waals surface area contributed by atoms with E-state index in [4.69, 9.17) is 17.4 Å². The van der Waals surface area contributed by atoms with Crippen LogP contribution in [0, 0.1) is 5.82 Å². The lowest BCUT2D eigenvalue weighted by Gasteiger charge is -2.13. The number of anilines is 2. The number of hydrogen-bond acceptors (Lipinski definition) is 5. The minimum Gasteiger partial charge on any atom is -0.323 e. The summed E-state index contributed by atoms with van der Waals surface area (Å²) in [5.41, 5.74) is 2.44. The van der Waals surface area contributed by atoms with Crippen molar-refractivity contribution < 1.29 is 12.8 Å². The van der Waals surface area contributed by atoms with E-state index >= 15 is 0 Å². The van der Waals surface area contributed by atoms with Gasteiger partial charge in [0.25, 0.3) is 10.0 Å². The van der Waals surface area contributed by atoms with Crippen LogP contribution in [0.1, 0.15) is 0 Å².